The summed E-state index contributed by atoms with van der Waals surface area (Å²) in [7, 11) is 0. The van der Waals surface area contributed by atoms with Crippen molar-refractivity contribution in [1.82, 2.24) is 0 Å². The molecule has 0 fully saturated rings. The van der Waals surface area contributed by atoms with Gasteiger partial charge in [0.1, 0.15) is 24.0 Å². The third-order valence-corrected chi connectivity index (χ3v) is 6.09. The summed E-state index contributed by atoms with van der Waals surface area (Å²) < 4.78 is 7.04. The van der Waals surface area contributed by atoms with Crippen LogP contribution in [0.4, 0.5) is 5.69 Å². The van der Waals surface area contributed by atoms with Crippen molar-refractivity contribution in [2.24, 2.45) is 0 Å². The minimum absolute atomic E-state index is 0.00938. The molecule has 0 saturated heterocycles. The normalized spacial score (nSPS) is 11.2. The van der Waals surface area contributed by atoms with Crippen LogP contribution in [-0.2, 0) is 11.4 Å². The monoisotopic (exact) mass is 510 g/mol. The lowest BCUT2D eigenvalue weighted by Crippen LogP contribution is -2.13. The predicted octanol–water partition coefficient (Wildman–Crippen LogP) is 7.34. The molecule has 0 aliphatic rings. The number of nitrogens with one attached hydrogen (secondary N) is 1. The number of carbonyl (C=O) groups is 1. The Morgan fingerprint density at radius 2 is 1.79 bits per heavy atom. The second-order valence-electron chi connectivity index (χ2n) is 8.04. The Bertz CT molecular complexity index is 1430. The average molecular weight is 511 g/mol. The van der Waals surface area contributed by atoms with Gasteiger partial charge in [0.25, 0.3) is 5.91 Å². The van der Waals surface area contributed by atoms with Gasteiger partial charge in [-0.2, -0.15) is 5.26 Å². The average Bonchev–Trinajstić information content (AvgIpc) is 2.84. The molecule has 5 heteroatoms. The first kappa shape index (κ1) is 23.3. The smallest absolute Gasteiger partial charge is 0.266 e. The van der Waals surface area contributed by atoms with E-state index in [1.807, 2.05) is 67.6 Å². The fourth-order valence-electron chi connectivity index (χ4n) is 3.69. The zero-order valence-corrected chi connectivity index (χ0v) is 20.5. The number of anilines is 1. The van der Waals surface area contributed by atoms with Crippen LogP contribution in [0.1, 0.15) is 22.3 Å². The predicted molar refractivity (Wildman–Crippen MR) is 141 cm³/mol. The van der Waals surface area contributed by atoms with Gasteiger partial charge < -0.3 is 10.1 Å². The number of rotatable bonds is 6. The van der Waals surface area contributed by atoms with Gasteiger partial charge in [-0.3, -0.25) is 4.79 Å². The van der Waals surface area contributed by atoms with Crippen molar-refractivity contribution in [2.45, 2.75) is 20.5 Å². The largest absolute Gasteiger partial charge is 0.488 e. The van der Waals surface area contributed by atoms with E-state index in [0.29, 0.717) is 23.6 Å². The summed E-state index contributed by atoms with van der Waals surface area (Å²) in [6.07, 6.45) is 1.56. The second-order valence-corrected chi connectivity index (χ2v) is 8.96. The molecule has 0 aliphatic carbocycles. The van der Waals surface area contributed by atoms with E-state index in [2.05, 4.69) is 52.4 Å². The molecule has 0 spiro atoms. The number of hydrogen-bond acceptors (Lipinski definition) is 3. The highest BCUT2D eigenvalue weighted by molar-refractivity contribution is 9.10. The fraction of sp³-hybridized carbons (Fsp3) is 0.103. The number of fused-ring (bicyclic) bond motifs is 1. The fourth-order valence-corrected chi connectivity index (χ4v) is 4.07. The Kier molecular flexibility index (Phi) is 7.10. The number of hydrogen-bond donors (Lipinski definition) is 1. The van der Waals surface area contributed by atoms with Crippen molar-refractivity contribution in [3.05, 3.63) is 111 Å². The van der Waals surface area contributed by atoms with Gasteiger partial charge in [-0.25, -0.2) is 0 Å². The molecule has 0 saturated carbocycles. The van der Waals surface area contributed by atoms with E-state index in [-0.39, 0.29) is 5.57 Å². The SMILES string of the molecule is Cc1ccc(NC(=O)/C(C#N)=C/c2cc(Br)ccc2OCc2c(C)ccc3ccccc23)cc1. The maximum Gasteiger partial charge on any atom is 0.266 e. The van der Waals surface area contributed by atoms with E-state index in [1.165, 1.54) is 0 Å². The number of halogens is 1. The van der Waals surface area contributed by atoms with Crippen LogP contribution >= 0.6 is 15.9 Å². The first-order valence-corrected chi connectivity index (χ1v) is 11.6. The maximum atomic E-state index is 12.7. The molecule has 4 nitrogen and oxygen atoms in total. The molecule has 0 aliphatic heterocycles. The zero-order chi connectivity index (χ0) is 24.1. The number of aryl methyl sites for hydroxylation is 2. The summed E-state index contributed by atoms with van der Waals surface area (Å²) in [6.45, 7) is 4.41. The van der Waals surface area contributed by atoms with Crippen molar-refractivity contribution < 1.29 is 9.53 Å². The maximum absolute atomic E-state index is 12.7. The molecule has 34 heavy (non-hydrogen) atoms. The van der Waals surface area contributed by atoms with E-state index in [1.54, 1.807) is 6.08 Å². The van der Waals surface area contributed by atoms with E-state index in [4.69, 9.17) is 4.74 Å². The molecule has 0 bridgehead atoms. The number of nitriles is 1. The van der Waals surface area contributed by atoms with Gasteiger partial charge in [0.2, 0.25) is 0 Å². The van der Waals surface area contributed by atoms with Crippen molar-refractivity contribution in [3.63, 3.8) is 0 Å². The van der Waals surface area contributed by atoms with Crippen LogP contribution in [0, 0.1) is 25.2 Å². The Labute approximate surface area is 207 Å². The standard InChI is InChI=1S/C29H23BrN2O2/c1-19-7-12-25(13-8-19)32-29(33)23(17-31)15-22-16-24(30)11-14-28(22)34-18-27-20(2)9-10-21-5-3-4-6-26(21)27/h3-16H,18H2,1-2H3,(H,32,33)/b23-15+. The van der Waals surface area contributed by atoms with Crippen molar-refractivity contribution >= 4 is 44.4 Å². The van der Waals surface area contributed by atoms with Gasteiger partial charge in [-0.1, -0.05) is 70.0 Å². The summed E-state index contributed by atoms with van der Waals surface area (Å²) >= 11 is 3.48. The summed E-state index contributed by atoms with van der Waals surface area (Å²) in [5, 5.41) is 14.7. The number of nitrogens with zero attached hydrogens (tertiary/aromatic N) is 1. The Balaban J connectivity index is 1.61. The van der Waals surface area contributed by atoms with Gasteiger partial charge >= 0.3 is 0 Å². The summed E-state index contributed by atoms with van der Waals surface area (Å²) in [6, 6.07) is 27.4. The van der Waals surface area contributed by atoms with Crippen molar-refractivity contribution in [2.75, 3.05) is 5.32 Å². The number of amides is 1. The van der Waals surface area contributed by atoms with Crippen LogP contribution in [0.15, 0.2) is 88.9 Å². The first-order chi connectivity index (χ1) is 16.4. The molecule has 4 aromatic rings. The highest BCUT2D eigenvalue weighted by atomic mass is 79.9. The molecule has 1 N–H and O–H groups in total. The topological polar surface area (TPSA) is 62.1 Å². The number of carbonyl (C=O) groups excluding carboxylic acids is 1. The Morgan fingerprint density at radius 1 is 1.03 bits per heavy atom. The lowest BCUT2D eigenvalue weighted by molar-refractivity contribution is -0.112. The third-order valence-electron chi connectivity index (χ3n) is 5.59. The molecule has 1 amide bonds. The van der Waals surface area contributed by atoms with Gasteiger partial charge in [-0.15, -0.1) is 0 Å². The molecule has 4 rings (SSSR count). The Hall–Kier alpha value is -3.88. The summed E-state index contributed by atoms with van der Waals surface area (Å²) in [5.74, 6) is 0.119. The molecule has 4 aromatic carbocycles. The van der Waals surface area contributed by atoms with Gasteiger partial charge in [0.05, 0.1) is 0 Å². The van der Waals surface area contributed by atoms with Crippen LogP contribution < -0.4 is 10.1 Å². The molecular formula is C29H23BrN2O2. The summed E-state index contributed by atoms with van der Waals surface area (Å²) in [5.41, 5.74) is 4.60. The zero-order valence-electron chi connectivity index (χ0n) is 18.9. The van der Waals surface area contributed by atoms with Gasteiger partial charge in [0.15, 0.2) is 0 Å². The lowest BCUT2D eigenvalue weighted by atomic mass is 10.0. The van der Waals surface area contributed by atoms with Crippen molar-refractivity contribution in [3.8, 4) is 11.8 Å². The molecule has 168 valence electrons. The van der Waals surface area contributed by atoms with E-state index >= 15 is 0 Å². The minimum atomic E-state index is -0.470. The van der Waals surface area contributed by atoms with Gasteiger partial charge in [0, 0.05) is 21.3 Å². The van der Waals surface area contributed by atoms with Crippen LogP contribution in [0.2, 0.25) is 0 Å². The first-order valence-electron chi connectivity index (χ1n) is 10.8. The molecule has 0 atom stereocenters. The number of ether oxygens (including phenoxy) is 1. The van der Waals surface area contributed by atoms with Crippen LogP contribution in [0.5, 0.6) is 5.75 Å². The van der Waals surface area contributed by atoms with Gasteiger partial charge in [-0.05, 0) is 66.6 Å². The molecular weight excluding hydrogens is 488 g/mol. The minimum Gasteiger partial charge on any atom is -0.488 e. The van der Waals surface area contributed by atoms with Crippen LogP contribution in [0.25, 0.3) is 16.8 Å². The van der Waals surface area contributed by atoms with E-state index in [9.17, 15) is 10.1 Å². The quantitative estimate of drug-likeness (QED) is 0.218. The summed E-state index contributed by atoms with van der Waals surface area (Å²) in [4.78, 5) is 12.7. The van der Waals surface area contributed by atoms with Crippen LogP contribution in [0.3, 0.4) is 0 Å². The second kappa shape index (κ2) is 10.4. The highest BCUT2D eigenvalue weighted by Crippen LogP contribution is 2.29. The molecule has 0 unspecified atom stereocenters. The van der Waals surface area contributed by atoms with E-state index in [0.717, 1.165) is 31.9 Å². The van der Waals surface area contributed by atoms with E-state index < -0.39 is 5.91 Å². The Morgan fingerprint density at radius 3 is 2.56 bits per heavy atom. The third kappa shape index (κ3) is 5.36. The molecule has 0 aromatic heterocycles. The van der Waals surface area contributed by atoms with Crippen LogP contribution in [-0.4, -0.2) is 5.91 Å². The highest BCUT2D eigenvalue weighted by Gasteiger charge is 2.13. The van der Waals surface area contributed by atoms with Crippen molar-refractivity contribution in [1.29, 1.82) is 5.26 Å². The number of benzene rings is 4. The molecule has 0 heterocycles. The lowest BCUT2D eigenvalue weighted by Gasteiger charge is -2.14. The molecule has 0 radical (unpaired) electrons.